The predicted octanol–water partition coefficient (Wildman–Crippen LogP) is 1.82. The summed E-state index contributed by atoms with van der Waals surface area (Å²) >= 11 is 4.81. The summed E-state index contributed by atoms with van der Waals surface area (Å²) in [6.07, 6.45) is 4.57. The van der Waals surface area contributed by atoms with E-state index in [0.29, 0.717) is 0 Å². The Kier molecular flexibility index (Phi) is 2.58. The lowest BCUT2D eigenvalue weighted by molar-refractivity contribution is 1.14. The van der Waals surface area contributed by atoms with Crippen LogP contribution in [0.5, 0.6) is 0 Å². The lowest BCUT2D eigenvalue weighted by Crippen LogP contribution is -1.84. The summed E-state index contributed by atoms with van der Waals surface area (Å²) in [7, 11) is 0. The van der Waals surface area contributed by atoms with Crippen LogP contribution in [0.4, 0.5) is 0 Å². The molecule has 2 heteroatoms. The molecule has 1 rings (SSSR count). The summed E-state index contributed by atoms with van der Waals surface area (Å²) in [4.78, 5) is 3.89. The van der Waals surface area contributed by atoms with Gasteiger partial charge in [-0.2, -0.15) is 0 Å². The maximum Gasteiger partial charge on any atom is 0.0270 e. The SMILES string of the molecule is [S]CCc1ccncc1. The molecule has 0 unspecified atom stereocenters. The van der Waals surface area contributed by atoms with Crippen molar-refractivity contribution in [2.75, 3.05) is 5.75 Å². The van der Waals surface area contributed by atoms with Crippen LogP contribution in [-0.4, -0.2) is 10.7 Å². The lowest BCUT2D eigenvalue weighted by Gasteiger charge is -1.92. The molecule has 1 aromatic heterocycles. The molecule has 1 heterocycles. The Hall–Kier alpha value is -0.500. The van der Waals surface area contributed by atoms with Crippen molar-refractivity contribution < 1.29 is 0 Å². The van der Waals surface area contributed by atoms with Gasteiger partial charge in [-0.1, -0.05) is 12.6 Å². The fourth-order valence-electron chi connectivity index (χ4n) is 0.667. The highest BCUT2D eigenvalue weighted by molar-refractivity contribution is 7.80. The second-order valence-electron chi connectivity index (χ2n) is 1.81. The van der Waals surface area contributed by atoms with Gasteiger partial charge in [0, 0.05) is 18.1 Å². The molecule has 1 nitrogen and oxygen atoms in total. The van der Waals surface area contributed by atoms with E-state index in [-0.39, 0.29) is 0 Å². The average Bonchev–Trinajstić information content (AvgIpc) is 1.91. The predicted molar refractivity (Wildman–Crippen MR) is 40.4 cm³/mol. The van der Waals surface area contributed by atoms with Crippen LogP contribution in [0, 0.1) is 0 Å². The first-order valence-corrected chi connectivity index (χ1v) is 3.48. The Balaban J connectivity index is 2.61. The smallest absolute Gasteiger partial charge is 0.0270 e. The number of aromatic nitrogens is 1. The van der Waals surface area contributed by atoms with Crippen LogP contribution in [0.3, 0.4) is 0 Å². The van der Waals surface area contributed by atoms with Crippen molar-refractivity contribution in [2.45, 2.75) is 6.42 Å². The zero-order chi connectivity index (χ0) is 6.53. The number of nitrogens with zero attached hydrogens (tertiary/aromatic N) is 1. The van der Waals surface area contributed by atoms with Gasteiger partial charge in [0.05, 0.1) is 0 Å². The maximum absolute atomic E-state index is 4.81. The van der Waals surface area contributed by atoms with Crippen LogP contribution in [0.15, 0.2) is 24.5 Å². The van der Waals surface area contributed by atoms with Crippen LogP contribution in [-0.2, 0) is 6.42 Å². The second-order valence-corrected chi connectivity index (χ2v) is 2.22. The van der Waals surface area contributed by atoms with Crippen molar-refractivity contribution in [3.63, 3.8) is 0 Å². The quantitative estimate of drug-likeness (QED) is 0.607. The summed E-state index contributed by atoms with van der Waals surface area (Å²) in [5.41, 5.74) is 1.28. The third-order valence-corrected chi connectivity index (χ3v) is 1.34. The maximum atomic E-state index is 4.81. The first-order valence-electron chi connectivity index (χ1n) is 2.90. The second kappa shape index (κ2) is 3.51. The van der Waals surface area contributed by atoms with Crippen LogP contribution < -0.4 is 0 Å². The van der Waals surface area contributed by atoms with Gasteiger partial charge in [0.1, 0.15) is 0 Å². The fraction of sp³-hybridized carbons (Fsp3) is 0.286. The molecule has 0 saturated heterocycles. The largest absolute Gasteiger partial charge is 0.265 e. The van der Waals surface area contributed by atoms with Gasteiger partial charge >= 0.3 is 0 Å². The zero-order valence-electron chi connectivity index (χ0n) is 5.08. The summed E-state index contributed by atoms with van der Waals surface area (Å²) in [6.45, 7) is 0. The third kappa shape index (κ3) is 2.06. The minimum Gasteiger partial charge on any atom is -0.265 e. The Morgan fingerprint density at radius 1 is 1.33 bits per heavy atom. The van der Waals surface area contributed by atoms with E-state index in [1.54, 1.807) is 12.4 Å². The Morgan fingerprint density at radius 2 is 2.00 bits per heavy atom. The molecule has 9 heavy (non-hydrogen) atoms. The molecular formula is C7H8NS. The third-order valence-electron chi connectivity index (χ3n) is 1.14. The van der Waals surface area contributed by atoms with E-state index >= 15 is 0 Å². The van der Waals surface area contributed by atoms with E-state index in [2.05, 4.69) is 4.98 Å². The van der Waals surface area contributed by atoms with Gasteiger partial charge < -0.3 is 0 Å². The molecule has 0 atom stereocenters. The standard InChI is InChI=1S/C7H8NS/c9-6-3-7-1-4-8-5-2-7/h1-2,4-5H,3,6H2. The van der Waals surface area contributed by atoms with Gasteiger partial charge in [0.15, 0.2) is 0 Å². The Morgan fingerprint density at radius 3 is 2.56 bits per heavy atom. The van der Waals surface area contributed by atoms with Crippen molar-refractivity contribution >= 4 is 12.6 Å². The molecule has 0 bridgehead atoms. The van der Waals surface area contributed by atoms with E-state index in [0.717, 1.165) is 12.2 Å². The molecule has 0 saturated carbocycles. The van der Waals surface area contributed by atoms with Crippen molar-refractivity contribution in [3.05, 3.63) is 30.1 Å². The molecule has 1 aromatic rings. The van der Waals surface area contributed by atoms with Gasteiger partial charge in [-0.3, -0.25) is 4.98 Å². The molecule has 0 fully saturated rings. The van der Waals surface area contributed by atoms with Crippen molar-refractivity contribution in [3.8, 4) is 0 Å². The average molecular weight is 138 g/mol. The summed E-state index contributed by atoms with van der Waals surface area (Å²) < 4.78 is 0. The fourth-order valence-corrected chi connectivity index (χ4v) is 0.903. The highest BCUT2D eigenvalue weighted by Crippen LogP contribution is 1.97. The number of hydrogen-bond donors (Lipinski definition) is 0. The van der Waals surface area contributed by atoms with E-state index in [1.165, 1.54) is 5.56 Å². The highest BCUT2D eigenvalue weighted by atomic mass is 32.1. The molecule has 0 N–H and O–H groups in total. The van der Waals surface area contributed by atoms with Crippen molar-refractivity contribution in [2.24, 2.45) is 0 Å². The first-order chi connectivity index (χ1) is 4.43. The van der Waals surface area contributed by atoms with Gasteiger partial charge in [-0.05, 0) is 24.1 Å². The number of aryl methyl sites for hydroxylation is 1. The van der Waals surface area contributed by atoms with Crippen molar-refractivity contribution in [1.29, 1.82) is 0 Å². The number of rotatable bonds is 2. The lowest BCUT2D eigenvalue weighted by atomic mass is 10.2. The molecule has 0 amide bonds. The van der Waals surface area contributed by atoms with E-state index in [1.807, 2.05) is 12.1 Å². The molecule has 1 radical (unpaired) electrons. The van der Waals surface area contributed by atoms with Crippen LogP contribution >= 0.6 is 12.6 Å². The summed E-state index contributed by atoms with van der Waals surface area (Å²) in [6, 6.07) is 3.98. The van der Waals surface area contributed by atoms with E-state index in [4.69, 9.17) is 12.6 Å². The molecule has 0 aromatic carbocycles. The molecule has 47 valence electrons. The monoisotopic (exact) mass is 138 g/mol. The Bertz CT molecular complexity index is 162. The molecule has 0 aliphatic heterocycles. The first kappa shape index (κ1) is 6.62. The zero-order valence-corrected chi connectivity index (χ0v) is 5.90. The summed E-state index contributed by atoms with van der Waals surface area (Å²) in [5.74, 6) is 0.796. The molecule has 0 spiro atoms. The minimum atomic E-state index is 0.796. The normalized spacial score (nSPS) is 9.44. The summed E-state index contributed by atoms with van der Waals surface area (Å²) in [5, 5.41) is 0. The molecule has 0 aliphatic rings. The van der Waals surface area contributed by atoms with Crippen molar-refractivity contribution in [1.82, 2.24) is 4.98 Å². The molecular weight excluding hydrogens is 130 g/mol. The van der Waals surface area contributed by atoms with Crippen LogP contribution in [0.1, 0.15) is 5.56 Å². The van der Waals surface area contributed by atoms with Gasteiger partial charge in [0.2, 0.25) is 0 Å². The Labute approximate surface area is 60.5 Å². The van der Waals surface area contributed by atoms with E-state index < -0.39 is 0 Å². The van der Waals surface area contributed by atoms with Gasteiger partial charge in [-0.25, -0.2) is 0 Å². The van der Waals surface area contributed by atoms with Gasteiger partial charge in [-0.15, -0.1) is 0 Å². The number of pyridine rings is 1. The molecule has 0 aliphatic carbocycles. The highest BCUT2D eigenvalue weighted by Gasteiger charge is 1.86. The van der Waals surface area contributed by atoms with Gasteiger partial charge in [0.25, 0.3) is 0 Å². The van der Waals surface area contributed by atoms with Crippen LogP contribution in [0.25, 0.3) is 0 Å². The van der Waals surface area contributed by atoms with Crippen LogP contribution in [0.2, 0.25) is 0 Å². The number of hydrogen-bond acceptors (Lipinski definition) is 1. The topological polar surface area (TPSA) is 12.9 Å². The minimum absolute atomic E-state index is 0.796. The van der Waals surface area contributed by atoms with E-state index in [9.17, 15) is 0 Å².